The molecule has 0 amide bonds. The summed E-state index contributed by atoms with van der Waals surface area (Å²) in [5.74, 6) is 1.48. The van der Waals surface area contributed by atoms with Crippen molar-refractivity contribution in [2.75, 3.05) is 14.2 Å². The standard InChI is InChI=1S/C18H17NO2/c1-20-17-9-8-14(12-18(17)21-2)15-10-11-19(13-15)16-6-4-3-5-7-16/h3-13H,1-2H3. The zero-order chi connectivity index (χ0) is 14.7. The van der Waals surface area contributed by atoms with Gasteiger partial charge in [0, 0.05) is 18.1 Å². The average Bonchev–Trinajstić information content (AvgIpc) is 3.05. The maximum Gasteiger partial charge on any atom is 0.161 e. The van der Waals surface area contributed by atoms with Crippen LogP contribution < -0.4 is 9.47 Å². The smallest absolute Gasteiger partial charge is 0.161 e. The van der Waals surface area contributed by atoms with Gasteiger partial charge in [-0.05, 0) is 41.5 Å². The van der Waals surface area contributed by atoms with Crippen LogP contribution in [-0.4, -0.2) is 18.8 Å². The van der Waals surface area contributed by atoms with Gasteiger partial charge < -0.3 is 14.0 Å². The molecule has 0 saturated carbocycles. The lowest BCUT2D eigenvalue weighted by molar-refractivity contribution is 0.355. The Labute approximate surface area is 124 Å². The molecule has 3 rings (SSSR count). The summed E-state index contributed by atoms with van der Waals surface area (Å²) in [5, 5.41) is 0. The van der Waals surface area contributed by atoms with Gasteiger partial charge in [0.1, 0.15) is 0 Å². The minimum absolute atomic E-state index is 0.738. The highest BCUT2D eigenvalue weighted by Crippen LogP contribution is 2.32. The highest BCUT2D eigenvalue weighted by molar-refractivity contribution is 5.67. The van der Waals surface area contributed by atoms with Gasteiger partial charge in [0.15, 0.2) is 11.5 Å². The van der Waals surface area contributed by atoms with E-state index in [0.717, 1.165) is 28.3 Å². The van der Waals surface area contributed by atoms with Crippen LogP contribution in [0.5, 0.6) is 11.5 Å². The summed E-state index contributed by atoms with van der Waals surface area (Å²) < 4.78 is 12.7. The topological polar surface area (TPSA) is 23.4 Å². The lowest BCUT2D eigenvalue weighted by Crippen LogP contribution is -1.91. The van der Waals surface area contributed by atoms with Gasteiger partial charge in [0.25, 0.3) is 0 Å². The van der Waals surface area contributed by atoms with Crippen LogP contribution in [0, 0.1) is 0 Å². The molecule has 0 spiro atoms. The Morgan fingerprint density at radius 2 is 1.52 bits per heavy atom. The van der Waals surface area contributed by atoms with Crippen molar-refractivity contribution in [3.63, 3.8) is 0 Å². The average molecular weight is 279 g/mol. The number of ether oxygens (including phenoxy) is 2. The van der Waals surface area contributed by atoms with E-state index < -0.39 is 0 Å². The number of aromatic nitrogens is 1. The SMILES string of the molecule is COc1ccc(-c2ccn(-c3ccccc3)c2)cc1OC. The number of hydrogen-bond acceptors (Lipinski definition) is 2. The number of rotatable bonds is 4. The van der Waals surface area contributed by atoms with Gasteiger partial charge in [-0.1, -0.05) is 24.3 Å². The Morgan fingerprint density at radius 3 is 2.24 bits per heavy atom. The molecule has 1 aromatic heterocycles. The molecular weight excluding hydrogens is 262 g/mol. The molecule has 0 aliphatic heterocycles. The third kappa shape index (κ3) is 2.63. The Kier molecular flexibility index (Phi) is 3.65. The van der Waals surface area contributed by atoms with Crippen LogP contribution in [0.25, 0.3) is 16.8 Å². The zero-order valence-electron chi connectivity index (χ0n) is 12.1. The van der Waals surface area contributed by atoms with Gasteiger partial charge in [-0.15, -0.1) is 0 Å². The van der Waals surface area contributed by atoms with Crippen LogP contribution >= 0.6 is 0 Å². The van der Waals surface area contributed by atoms with Crippen LogP contribution in [0.1, 0.15) is 0 Å². The second-order valence-corrected chi connectivity index (χ2v) is 4.71. The van der Waals surface area contributed by atoms with E-state index in [1.54, 1.807) is 14.2 Å². The molecule has 3 nitrogen and oxygen atoms in total. The van der Waals surface area contributed by atoms with Gasteiger partial charge in [0.05, 0.1) is 14.2 Å². The fraction of sp³-hybridized carbons (Fsp3) is 0.111. The lowest BCUT2D eigenvalue weighted by Gasteiger charge is -2.08. The predicted octanol–water partition coefficient (Wildman–Crippen LogP) is 4.16. The molecule has 21 heavy (non-hydrogen) atoms. The molecule has 0 aliphatic rings. The lowest BCUT2D eigenvalue weighted by atomic mass is 10.1. The molecule has 0 atom stereocenters. The number of para-hydroxylation sites is 1. The number of benzene rings is 2. The van der Waals surface area contributed by atoms with E-state index in [1.165, 1.54) is 0 Å². The second-order valence-electron chi connectivity index (χ2n) is 4.71. The van der Waals surface area contributed by atoms with Crippen molar-refractivity contribution in [3.05, 3.63) is 67.0 Å². The molecular formula is C18H17NO2. The van der Waals surface area contributed by atoms with Crippen molar-refractivity contribution in [1.82, 2.24) is 4.57 Å². The van der Waals surface area contributed by atoms with Gasteiger partial charge in [-0.2, -0.15) is 0 Å². The van der Waals surface area contributed by atoms with Crippen LogP contribution in [0.3, 0.4) is 0 Å². The second kappa shape index (κ2) is 5.75. The first-order valence-electron chi connectivity index (χ1n) is 6.77. The summed E-state index contributed by atoms with van der Waals surface area (Å²) in [6.07, 6.45) is 4.16. The maximum absolute atomic E-state index is 5.36. The van der Waals surface area contributed by atoms with E-state index in [2.05, 4.69) is 35.2 Å². The van der Waals surface area contributed by atoms with Crippen molar-refractivity contribution >= 4 is 0 Å². The summed E-state index contributed by atoms with van der Waals surface area (Å²) in [7, 11) is 3.29. The van der Waals surface area contributed by atoms with Crippen molar-refractivity contribution in [2.45, 2.75) is 0 Å². The van der Waals surface area contributed by atoms with Crippen molar-refractivity contribution < 1.29 is 9.47 Å². The Bertz CT molecular complexity index is 732. The molecule has 0 fully saturated rings. The van der Waals surface area contributed by atoms with Gasteiger partial charge in [-0.25, -0.2) is 0 Å². The van der Waals surface area contributed by atoms with Gasteiger partial charge >= 0.3 is 0 Å². The highest BCUT2D eigenvalue weighted by atomic mass is 16.5. The molecule has 0 aliphatic carbocycles. The van der Waals surface area contributed by atoms with E-state index >= 15 is 0 Å². The Hall–Kier alpha value is -2.68. The van der Waals surface area contributed by atoms with Crippen LogP contribution in [0.4, 0.5) is 0 Å². The third-order valence-electron chi connectivity index (χ3n) is 3.46. The molecule has 0 saturated heterocycles. The first kappa shape index (κ1) is 13.3. The number of nitrogens with zero attached hydrogens (tertiary/aromatic N) is 1. The zero-order valence-corrected chi connectivity index (χ0v) is 12.1. The van der Waals surface area contributed by atoms with E-state index in [0.29, 0.717) is 0 Å². The normalized spacial score (nSPS) is 10.4. The molecule has 3 heteroatoms. The first-order chi connectivity index (χ1) is 10.3. The molecule has 0 unspecified atom stereocenters. The summed E-state index contributed by atoms with van der Waals surface area (Å²) >= 11 is 0. The summed E-state index contributed by atoms with van der Waals surface area (Å²) in [4.78, 5) is 0. The fourth-order valence-electron chi connectivity index (χ4n) is 2.34. The molecule has 0 N–H and O–H groups in total. The maximum atomic E-state index is 5.36. The number of methoxy groups -OCH3 is 2. The first-order valence-corrected chi connectivity index (χ1v) is 6.77. The minimum atomic E-state index is 0.738. The monoisotopic (exact) mass is 279 g/mol. The van der Waals surface area contributed by atoms with E-state index in [9.17, 15) is 0 Å². The molecule has 2 aromatic carbocycles. The molecule has 3 aromatic rings. The largest absolute Gasteiger partial charge is 0.493 e. The molecule has 0 bridgehead atoms. The van der Waals surface area contributed by atoms with E-state index in [-0.39, 0.29) is 0 Å². The van der Waals surface area contributed by atoms with Crippen molar-refractivity contribution in [1.29, 1.82) is 0 Å². The molecule has 0 radical (unpaired) electrons. The molecule has 1 heterocycles. The summed E-state index contributed by atoms with van der Waals surface area (Å²) in [5.41, 5.74) is 3.38. The number of hydrogen-bond donors (Lipinski definition) is 0. The highest BCUT2D eigenvalue weighted by Gasteiger charge is 2.07. The fourth-order valence-corrected chi connectivity index (χ4v) is 2.34. The van der Waals surface area contributed by atoms with Crippen LogP contribution in [0.15, 0.2) is 67.0 Å². The van der Waals surface area contributed by atoms with Crippen molar-refractivity contribution in [3.8, 4) is 28.3 Å². The quantitative estimate of drug-likeness (QED) is 0.716. The van der Waals surface area contributed by atoms with E-state index in [4.69, 9.17) is 9.47 Å². The van der Waals surface area contributed by atoms with Crippen molar-refractivity contribution in [2.24, 2.45) is 0 Å². The Morgan fingerprint density at radius 1 is 0.762 bits per heavy atom. The Balaban J connectivity index is 1.97. The molecule has 106 valence electrons. The third-order valence-corrected chi connectivity index (χ3v) is 3.46. The van der Waals surface area contributed by atoms with E-state index in [1.807, 2.05) is 36.4 Å². The van der Waals surface area contributed by atoms with Crippen LogP contribution in [-0.2, 0) is 0 Å². The summed E-state index contributed by atoms with van der Waals surface area (Å²) in [6.45, 7) is 0. The summed E-state index contributed by atoms with van der Waals surface area (Å²) in [6, 6.07) is 18.3. The van der Waals surface area contributed by atoms with Gasteiger partial charge in [0.2, 0.25) is 0 Å². The van der Waals surface area contributed by atoms with Crippen LogP contribution in [0.2, 0.25) is 0 Å². The predicted molar refractivity (Wildman–Crippen MR) is 84.3 cm³/mol. The minimum Gasteiger partial charge on any atom is -0.493 e. The van der Waals surface area contributed by atoms with Gasteiger partial charge in [-0.3, -0.25) is 0 Å².